The Morgan fingerprint density at radius 2 is 1.77 bits per heavy atom. The Morgan fingerprint density at radius 1 is 1.03 bits per heavy atom. The number of rotatable bonds is 5. The molecule has 8 unspecified atom stereocenters. The minimum absolute atomic E-state index is 0.147. The second-order valence-corrected chi connectivity index (χ2v) is 12.5. The number of hydrogen-bond donors (Lipinski definition) is 1. The average molecular weight is 417 g/mol. The number of carbonyl (C=O) groups is 2. The number of Topliss-reactive ketones (excluding diaryl/α,β-unsaturated/α-hetero) is 2. The molecule has 3 heteroatoms. The van der Waals surface area contributed by atoms with Gasteiger partial charge in [-0.3, -0.25) is 9.59 Å². The molecule has 4 aliphatic carbocycles. The van der Waals surface area contributed by atoms with Gasteiger partial charge in [0.25, 0.3) is 0 Å². The van der Waals surface area contributed by atoms with E-state index in [0.717, 1.165) is 18.8 Å². The van der Waals surface area contributed by atoms with Crippen LogP contribution in [0.2, 0.25) is 0 Å². The molecule has 9 atom stereocenters. The second kappa shape index (κ2) is 8.01. The van der Waals surface area contributed by atoms with Gasteiger partial charge in [-0.25, -0.2) is 0 Å². The molecule has 0 spiro atoms. The highest BCUT2D eigenvalue weighted by Gasteiger charge is 2.65. The van der Waals surface area contributed by atoms with Crippen molar-refractivity contribution in [2.45, 2.75) is 105 Å². The molecule has 1 N–H and O–H groups in total. The first-order chi connectivity index (χ1) is 14.1. The Hall–Kier alpha value is -0.700. The van der Waals surface area contributed by atoms with Crippen molar-refractivity contribution in [2.24, 2.45) is 52.3 Å². The van der Waals surface area contributed by atoms with E-state index in [0.29, 0.717) is 48.7 Å². The molecule has 0 aromatic rings. The number of aliphatic hydroxyl groups excluding tert-OH is 1. The molecule has 0 radical (unpaired) electrons. The molecule has 4 rings (SSSR count). The third-order valence-corrected chi connectivity index (χ3v) is 10.4. The smallest absolute Gasteiger partial charge is 0.137 e. The fraction of sp³-hybridized carbons (Fsp3) is 0.926. The fourth-order valence-electron chi connectivity index (χ4n) is 9.00. The van der Waals surface area contributed by atoms with Crippen molar-refractivity contribution in [3.8, 4) is 0 Å². The van der Waals surface area contributed by atoms with Gasteiger partial charge in [-0.15, -0.1) is 0 Å². The Balaban J connectivity index is 1.56. The summed E-state index contributed by atoms with van der Waals surface area (Å²) in [6, 6.07) is 0. The standard InChI is InChI=1S/C27H44O3/c1-16(2)7-6-8-17(3)20-9-10-21-19-14-23(29)22-13-18(28)11-12-26(22,4)25(19)24(30)15-27(20,21)5/h16-17,19-22,24-25,30H,6-15H2,1-5H3/t17?,19?,20?,21?,22?,24-,25?,26?,27?/m1/s1. The zero-order chi connectivity index (χ0) is 21.8. The summed E-state index contributed by atoms with van der Waals surface area (Å²) < 4.78 is 0. The van der Waals surface area contributed by atoms with Crippen molar-refractivity contribution >= 4 is 11.6 Å². The number of aliphatic hydroxyl groups is 1. The number of carbonyl (C=O) groups excluding carboxylic acids is 2. The lowest BCUT2D eigenvalue weighted by atomic mass is 9.43. The van der Waals surface area contributed by atoms with Gasteiger partial charge in [-0.2, -0.15) is 0 Å². The highest BCUT2D eigenvalue weighted by Crippen LogP contribution is 2.67. The molecule has 0 aromatic carbocycles. The highest BCUT2D eigenvalue weighted by molar-refractivity contribution is 5.90. The molecular formula is C27H44O3. The number of ketones is 2. The van der Waals surface area contributed by atoms with Gasteiger partial charge in [0.05, 0.1) is 6.10 Å². The summed E-state index contributed by atoms with van der Waals surface area (Å²) >= 11 is 0. The zero-order valence-corrected chi connectivity index (χ0v) is 20.0. The van der Waals surface area contributed by atoms with Gasteiger partial charge in [0, 0.05) is 25.2 Å². The molecule has 4 fully saturated rings. The molecular weight excluding hydrogens is 372 g/mol. The summed E-state index contributed by atoms with van der Waals surface area (Å²) in [4.78, 5) is 25.3. The highest BCUT2D eigenvalue weighted by atomic mass is 16.3. The Bertz CT molecular complexity index is 684. The van der Waals surface area contributed by atoms with Crippen LogP contribution in [0.5, 0.6) is 0 Å². The monoisotopic (exact) mass is 416 g/mol. The predicted molar refractivity (Wildman–Crippen MR) is 120 cm³/mol. The quantitative estimate of drug-likeness (QED) is 0.614. The first-order valence-electron chi connectivity index (χ1n) is 12.8. The SMILES string of the molecule is CC(C)CCCC(C)C1CCC2C3CC(=O)C4CC(=O)CCC4(C)C3[C@H](O)CC12C. The third-order valence-electron chi connectivity index (χ3n) is 10.4. The molecule has 4 saturated carbocycles. The van der Waals surface area contributed by atoms with E-state index < -0.39 is 0 Å². The van der Waals surface area contributed by atoms with E-state index in [4.69, 9.17) is 0 Å². The van der Waals surface area contributed by atoms with Crippen LogP contribution >= 0.6 is 0 Å². The van der Waals surface area contributed by atoms with E-state index >= 15 is 0 Å². The van der Waals surface area contributed by atoms with E-state index in [2.05, 4.69) is 34.6 Å². The summed E-state index contributed by atoms with van der Waals surface area (Å²) in [5, 5.41) is 11.5. The molecule has 0 aromatic heterocycles. The maximum atomic E-state index is 13.2. The van der Waals surface area contributed by atoms with Crippen molar-refractivity contribution < 1.29 is 14.7 Å². The first kappa shape index (κ1) is 22.5. The van der Waals surface area contributed by atoms with E-state index in [-0.39, 0.29) is 34.6 Å². The average Bonchev–Trinajstić information content (AvgIpc) is 2.99. The summed E-state index contributed by atoms with van der Waals surface area (Å²) in [6.45, 7) is 11.7. The number of fused-ring (bicyclic) bond motifs is 5. The lowest BCUT2D eigenvalue weighted by Crippen LogP contribution is -2.61. The summed E-state index contributed by atoms with van der Waals surface area (Å²) in [7, 11) is 0. The van der Waals surface area contributed by atoms with E-state index in [1.165, 1.54) is 32.1 Å². The van der Waals surface area contributed by atoms with Gasteiger partial charge in [-0.05, 0) is 72.0 Å². The maximum absolute atomic E-state index is 13.2. The summed E-state index contributed by atoms with van der Waals surface area (Å²) in [5.74, 6) is 3.61. The van der Waals surface area contributed by atoms with Gasteiger partial charge in [0.2, 0.25) is 0 Å². The van der Waals surface area contributed by atoms with Crippen molar-refractivity contribution in [1.82, 2.24) is 0 Å². The van der Waals surface area contributed by atoms with Gasteiger partial charge in [-0.1, -0.05) is 53.9 Å². The van der Waals surface area contributed by atoms with Crippen LogP contribution in [0.4, 0.5) is 0 Å². The van der Waals surface area contributed by atoms with Crippen LogP contribution < -0.4 is 0 Å². The maximum Gasteiger partial charge on any atom is 0.137 e. The normalized spacial score (nSPS) is 47.0. The van der Waals surface area contributed by atoms with Gasteiger partial charge < -0.3 is 5.11 Å². The Morgan fingerprint density at radius 3 is 2.47 bits per heavy atom. The molecule has 0 saturated heterocycles. The largest absolute Gasteiger partial charge is 0.393 e. The van der Waals surface area contributed by atoms with Crippen LogP contribution in [-0.2, 0) is 9.59 Å². The van der Waals surface area contributed by atoms with Crippen molar-refractivity contribution in [3.05, 3.63) is 0 Å². The molecule has 0 heterocycles. The molecule has 0 aliphatic heterocycles. The van der Waals surface area contributed by atoms with Crippen molar-refractivity contribution in [2.75, 3.05) is 0 Å². The molecule has 3 nitrogen and oxygen atoms in total. The van der Waals surface area contributed by atoms with Gasteiger partial charge in [0.15, 0.2) is 0 Å². The molecule has 170 valence electrons. The lowest BCUT2D eigenvalue weighted by Gasteiger charge is -2.61. The van der Waals surface area contributed by atoms with E-state index in [1.54, 1.807) is 0 Å². The van der Waals surface area contributed by atoms with Crippen LogP contribution in [0.25, 0.3) is 0 Å². The number of hydrogen-bond acceptors (Lipinski definition) is 3. The minimum Gasteiger partial charge on any atom is -0.393 e. The van der Waals surface area contributed by atoms with Crippen LogP contribution in [0.1, 0.15) is 98.8 Å². The fourth-order valence-corrected chi connectivity index (χ4v) is 9.00. The topological polar surface area (TPSA) is 54.4 Å². The molecule has 0 amide bonds. The van der Waals surface area contributed by atoms with Gasteiger partial charge in [0.1, 0.15) is 11.6 Å². The first-order valence-corrected chi connectivity index (χ1v) is 12.8. The Labute approximate surface area is 183 Å². The third kappa shape index (κ3) is 3.51. The summed E-state index contributed by atoms with van der Waals surface area (Å²) in [5.41, 5.74) is -0.0264. The van der Waals surface area contributed by atoms with Crippen molar-refractivity contribution in [1.29, 1.82) is 0 Å². The zero-order valence-electron chi connectivity index (χ0n) is 20.0. The lowest BCUT2D eigenvalue weighted by molar-refractivity contribution is -0.180. The van der Waals surface area contributed by atoms with Crippen molar-refractivity contribution in [3.63, 3.8) is 0 Å². The summed E-state index contributed by atoms with van der Waals surface area (Å²) in [6.07, 6.45) is 9.34. The van der Waals surface area contributed by atoms with Crippen LogP contribution in [0.3, 0.4) is 0 Å². The minimum atomic E-state index is -0.325. The van der Waals surface area contributed by atoms with E-state index in [9.17, 15) is 14.7 Å². The molecule has 4 aliphatic rings. The van der Waals surface area contributed by atoms with Crippen LogP contribution in [0, 0.1) is 52.3 Å². The predicted octanol–water partition coefficient (Wildman–Crippen LogP) is 5.83. The van der Waals surface area contributed by atoms with Crippen LogP contribution in [0.15, 0.2) is 0 Å². The Kier molecular flexibility index (Phi) is 6.01. The molecule has 30 heavy (non-hydrogen) atoms. The van der Waals surface area contributed by atoms with E-state index in [1.807, 2.05) is 0 Å². The molecule has 0 bridgehead atoms. The second-order valence-electron chi connectivity index (χ2n) is 12.5. The van der Waals surface area contributed by atoms with Gasteiger partial charge >= 0.3 is 0 Å². The van der Waals surface area contributed by atoms with Crippen LogP contribution in [-0.4, -0.2) is 22.8 Å².